The molecule has 0 aliphatic carbocycles. The number of nitrogens with zero attached hydrogens (tertiary/aromatic N) is 3. The van der Waals surface area contributed by atoms with Crippen LogP contribution in [-0.2, 0) is 6.18 Å². The zero-order valence-electron chi connectivity index (χ0n) is 13.9. The average molecular weight is 501 g/mol. The van der Waals surface area contributed by atoms with E-state index in [9.17, 15) is 23.3 Å². The van der Waals surface area contributed by atoms with E-state index in [1.807, 2.05) is 0 Å². The lowest BCUT2D eigenvalue weighted by Crippen LogP contribution is -2.13. The molecule has 11 heteroatoms. The van der Waals surface area contributed by atoms with E-state index < -0.39 is 22.5 Å². The van der Waals surface area contributed by atoms with Crippen molar-refractivity contribution in [1.82, 2.24) is 9.97 Å². The van der Waals surface area contributed by atoms with E-state index in [0.29, 0.717) is 11.9 Å². The normalized spacial score (nSPS) is 11.1. The Bertz CT molecular complexity index is 1010. The maximum Gasteiger partial charge on any atom is 0.421 e. The number of hydrogen-bond donors (Lipinski definition) is 2. The Labute approximate surface area is 170 Å². The van der Waals surface area contributed by atoms with Gasteiger partial charge in [0.2, 0.25) is 5.95 Å². The molecule has 0 aliphatic heterocycles. The van der Waals surface area contributed by atoms with E-state index in [1.54, 1.807) is 24.3 Å². The highest BCUT2D eigenvalue weighted by molar-refractivity contribution is 14.1. The number of nitrogens with one attached hydrogen (secondary N) is 2. The zero-order chi connectivity index (χ0) is 20.3. The van der Waals surface area contributed by atoms with E-state index in [0.717, 1.165) is 3.57 Å². The van der Waals surface area contributed by atoms with Crippen molar-refractivity contribution in [1.29, 1.82) is 0 Å². The minimum absolute atomic E-state index is 0.0877. The minimum Gasteiger partial charge on any atom is -0.334 e. The smallest absolute Gasteiger partial charge is 0.334 e. The lowest BCUT2D eigenvalue weighted by molar-refractivity contribution is -0.383. The molecule has 0 bridgehead atoms. The molecule has 0 amide bonds. The monoisotopic (exact) mass is 501 g/mol. The van der Waals surface area contributed by atoms with Gasteiger partial charge in [0.25, 0.3) is 5.69 Å². The first-order chi connectivity index (χ1) is 13.2. The lowest BCUT2D eigenvalue weighted by Gasteiger charge is -2.15. The van der Waals surface area contributed by atoms with Crippen LogP contribution in [0.2, 0.25) is 0 Å². The van der Waals surface area contributed by atoms with Gasteiger partial charge in [0, 0.05) is 21.5 Å². The van der Waals surface area contributed by atoms with Crippen LogP contribution < -0.4 is 10.6 Å². The van der Waals surface area contributed by atoms with Crippen molar-refractivity contribution in [2.45, 2.75) is 6.18 Å². The summed E-state index contributed by atoms with van der Waals surface area (Å²) in [6, 6.07) is 12.4. The number of alkyl halides is 3. The summed E-state index contributed by atoms with van der Waals surface area (Å²) in [5, 5.41) is 16.3. The van der Waals surface area contributed by atoms with Crippen LogP contribution in [0, 0.1) is 13.7 Å². The second-order valence-electron chi connectivity index (χ2n) is 5.48. The van der Waals surface area contributed by atoms with Gasteiger partial charge in [0.1, 0.15) is 17.1 Å². The number of aromatic nitrogens is 2. The molecule has 28 heavy (non-hydrogen) atoms. The standard InChI is InChI=1S/C17H11F3IN5O2/c18-17(19,20)12-9-22-16(23-11-7-5-10(21)6-8-11)25-15(12)24-13-3-1-2-4-14(13)26(27)28/h1-9H,(H2,22,23,24,25). The summed E-state index contributed by atoms with van der Waals surface area (Å²) < 4.78 is 41.0. The lowest BCUT2D eigenvalue weighted by atomic mass is 10.2. The average Bonchev–Trinajstić information content (AvgIpc) is 2.63. The molecule has 0 aliphatic rings. The summed E-state index contributed by atoms with van der Waals surface area (Å²) >= 11 is 2.12. The minimum atomic E-state index is -4.74. The van der Waals surface area contributed by atoms with Crippen molar-refractivity contribution >= 4 is 51.4 Å². The molecule has 1 aromatic heterocycles. The number of anilines is 4. The third-order valence-corrected chi connectivity index (χ3v) is 4.27. The van der Waals surface area contributed by atoms with Crippen molar-refractivity contribution in [3.8, 4) is 0 Å². The molecule has 0 fully saturated rings. The summed E-state index contributed by atoms with van der Waals surface area (Å²) in [4.78, 5) is 18.0. The third-order valence-electron chi connectivity index (χ3n) is 3.55. The summed E-state index contributed by atoms with van der Waals surface area (Å²) in [6.45, 7) is 0. The second kappa shape index (κ2) is 7.96. The molecule has 2 aromatic carbocycles. The van der Waals surface area contributed by atoms with Crippen LogP contribution in [-0.4, -0.2) is 14.9 Å². The highest BCUT2D eigenvalue weighted by Crippen LogP contribution is 2.36. The molecule has 0 atom stereocenters. The number of benzene rings is 2. The first-order valence-electron chi connectivity index (χ1n) is 7.71. The molecule has 0 spiro atoms. The van der Waals surface area contributed by atoms with Crippen molar-refractivity contribution in [3.05, 3.63) is 74.0 Å². The molecular formula is C17H11F3IN5O2. The molecule has 0 unspecified atom stereocenters. The van der Waals surface area contributed by atoms with Crippen molar-refractivity contribution in [2.75, 3.05) is 10.6 Å². The Hall–Kier alpha value is -2.96. The molecule has 3 aromatic rings. The van der Waals surface area contributed by atoms with Crippen molar-refractivity contribution in [3.63, 3.8) is 0 Å². The molecule has 0 saturated heterocycles. The predicted molar refractivity (Wildman–Crippen MR) is 106 cm³/mol. The van der Waals surface area contributed by atoms with Crippen LogP contribution in [0.25, 0.3) is 0 Å². The van der Waals surface area contributed by atoms with E-state index in [4.69, 9.17) is 0 Å². The SMILES string of the molecule is O=[N+]([O-])c1ccccc1Nc1nc(Nc2ccc(I)cc2)ncc1C(F)(F)F. The van der Waals surface area contributed by atoms with Crippen LogP contribution in [0.1, 0.15) is 5.56 Å². The van der Waals surface area contributed by atoms with Gasteiger partial charge in [-0.3, -0.25) is 10.1 Å². The van der Waals surface area contributed by atoms with Gasteiger partial charge in [0.05, 0.1) is 4.92 Å². The van der Waals surface area contributed by atoms with Crippen LogP contribution in [0.4, 0.5) is 42.0 Å². The molecule has 144 valence electrons. The molecular weight excluding hydrogens is 490 g/mol. The zero-order valence-corrected chi connectivity index (χ0v) is 16.0. The fourth-order valence-electron chi connectivity index (χ4n) is 2.27. The Morgan fingerprint density at radius 3 is 2.36 bits per heavy atom. The van der Waals surface area contributed by atoms with Crippen LogP contribution >= 0.6 is 22.6 Å². The van der Waals surface area contributed by atoms with Gasteiger partial charge >= 0.3 is 6.18 Å². The summed E-state index contributed by atoms with van der Waals surface area (Å²) in [5.74, 6) is -0.680. The maximum absolute atomic E-state index is 13.3. The maximum atomic E-state index is 13.3. The van der Waals surface area contributed by atoms with Gasteiger partial charge < -0.3 is 10.6 Å². The third kappa shape index (κ3) is 4.65. The van der Waals surface area contributed by atoms with Gasteiger partial charge in [-0.1, -0.05) is 12.1 Å². The van der Waals surface area contributed by atoms with Crippen LogP contribution in [0.5, 0.6) is 0 Å². The number of halogens is 4. The Kier molecular flexibility index (Phi) is 5.63. The summed E-state index contributed by atoms with van der Waals surface area (Å²) in [6.07, 6.45) is -4.12. The quantitative estimate of drug-likeness (QED) is 0.273. The first-order valence-corrected chi connectivity index (χ1v) is 8.79. The number of nitro benzene ring substituents is 1. The van der Waals surface area contributed by atoms with Crippen molar-refractivity contribution in [2.24, 2.45) is 0 Å². The topological polar surface area (TPSA) is 93.0 Å². The Balaban J connectivity index is 2.00. The Morgan fingerprint density at radius 1 is 1.04 bits per heavy atom. The fraction of sp³-hybridized carbons (Fsp3) is 0.0588. The van der Waals surface area contributed by atoms with E-state index in [2.05, 4.69) is 43.2 Å². The van der Waals surface area contributed by atoms with Crippen molar-refractivity contribution < 1.29 is 18.1 Å². The predicted octanol–water partition coefficient (Wildman–Crippen LogP) is 5.50. The number of rotatable bonds is 5. The van der Waals surface area contributed by atoms with Crippen LogP contribution in [0.15, 0.2) is 54.7 Å². The molecule has 0 saturated carbocycles. The summed E-state index contributed by atoms with van der Waals surface area (Å²) in [5.41, 5.74) is -1.05. The fourth-order valence-corrected chi connectivity index (χ4v) is 2.63. The second-order valence-corrected chi connectivity index (χ2v) is 6.73. The van der Waals surface area contributed by atoms with E-state index >= 15 is 0 Å². The highest BCUT2D eigenvalue weighted by Gasteiger charge is 2.35. The van der Waals surface area contributed by atoms with Gasteiger partial charge in [0.15, 0.2) is 0 Å². The highest BCUT2D eigenvalue weighted by atomic mass is 127. The van der Waals surface area contributed by atoms with Crippen LogP contribution in [0.3, 0.4) is 0 Å². The first kappa shape index (κ1) is 19.8. The largest absolute Gasteiger partial charge is 0.421 e. The van der Waals surface area contributed by atoms with Gasteiger partial charge in [-0.2, -0.15) is 18.2 Å². The van der Waals surface area contributed by atoms with Gasteiger partial charge in [-0.05, 0) is 52.9 Å². The van der Waals surface area contributed by atoms with Gasteiger partial charge in [-0.25, -0.2) is 4.98 Å². The Morgan fingerprint density at radius 2 is 1.71 bits per heavy atom. The molecule has 7 nitrogen and oxygen atoms in total. The number of hydrogen-bond acceptors (Lipinski definition) is 6. The molecule has 3 rings (SSSR count). The molecule has 2 N–H and O–H groups in total. The number of para-hydroxylation sites is 2. The molecule has 1 heterocycles. The van der Waals surface area contributed by atoms with Gasteiger partial charge in [-0.15, -0.1) is 0 Å². The van der Waals surface area contributed by atoms with E-state index in [-0.39, 0.29) is 17.3 Å². The molecule has 0 radical (unpaired) electrons. The van der Waals surface area contributed by atoms with E-state index in [1.165, 1.54) is 24.3 Å². The summed E-state index contributed by atoms with van der Waals surface area (Å²) in [7, 11) is 0. The number of nitro groups is 1.